The Bertz CT molecular complexity index is 1380. The first kappa shape index (κ1) is 23.9. The molecule has 10 nitrogen and oxygen atoms in total. The van der Waals surface area contributed by atoms with Crippen molar-refractivity contribution >= 4 is 33.2 Å². The third-order valence-electron chi connectivity index (χ3n) is 6.84. The average molecular weight is 553 g/mol. The Morgan fingerprint density at radius 2 is 1.78 bits per heavy atom. The summed E-state index contributed by atoms with van der Waals surface area (Å²) in [6.07, 6.45) is 0. The van der Waals surface area contributed by atoms with Crippen molar-refractivity contribution in [2.24, 2.45) is 0 Å². The Balaban J connectivity index is 1.53. The van der Waals surface area contributed by atoms with Crippen LogP contribution in [0.3, 0.4) is 0 Å². The largest absolute Gasteiger partial charge is 0.489 e. The highest BCUT2D eigenvalue weighted by atomic mass is 79.9. The number of anilines is 1. The van der Waals surface area contributed by atoms with Crippen LogP contribution in [-0.4, -0.2) is 27.8 Å². The molecule has 1 fully saturated rings. The standard InChI is InChI=1S/C25H21BrN4O6/c1-14-22(23(30(34)35)25(28-14)19-4-2-3-5-20(19)27-24(25)31)18-12-16(26)8-11-21(18)36-13-15-6-9-17(10-7-15)29(32)33/h2-12,14,22-23,28H,13H2,1H3,(H,27,31)/t14-,22+,23-,25-/m0/s1. The zero-order valence-corrected chi connectivity index (χ0v) is 20.6. The second-order valence-electron chi connectivity index (χ2n) is 8.89. The first-order chi connectivity index (χ1) is 17.2. The average Bonchev–Trinajstić information content (AvgIpc) is 3.32. The number of carbonyl (C=O) groups excluding carboxylic acids is 1. The van der Waals surface area contributed by atoms with Gasteiger partial charge in [-0.1, -0.05) is 34.1 Å². The van der Waals surface area contributed by atoms with Crippen molar-refractivity contribution in [2.45, 2.75) is 37.1 Å². The van der Waals surface area contributed by atoms with Crippen LogP contribution < -0.4 is 15.4 Å². The number of nitrogens with zero attached hydrogens (tertiary/aromatic N) is 2. The number of non-ortho nitro benzene ring substituents is 1. The fourth-order valence-corrected chi connectivity index (χ4v) is 5.69. The minimum Gasteiger partial charge on any atom is -0.489 e. The number of nitro groups is 2. The van der Waals surface area contributed by atoms with Crippen molar-refractivity contribution in [3.63, 3.8) is 0 Å². The molecule has 2 N–H and O–H groups in total. The Kier molecular flexibility index (Phi) is 5.97. The fourth-order valence-electron chi connectivity index (χ4n) is 5.31. The number of amides is 1. The van der Waals surface area contributed by atoms with Crippen LogP contribution in [0.4, 0.5) is 11.4 Å². The van der Waals surface area contributed by atoms with Gasteiger partial charge in [0.25, 0.3) is 17.6 Å². The summed E-state index contributed by atoms with van der Waals surface area (Å²) in [7, 11) is 0. The number of para-hydroxylation sites is 1. The lowest BCUT2D eigenvalue weighted by atomic mass is 9.78. The zero-order valence-electron chi connectivity index (χ0n) is 19.0. The van der Waals surface area contributed by atoms with E-state index in [9.17, 15) is 25.0 Å². The molecular formula is C25H21BrN4O6. The number of ether oxygens (including phenoxy) is 1. The predicted octanol–water partition coefficient (Wildman–Crippen LogP) is 4.50. The van der Waals surface area contributed by atoms with E-state index in [1.165, 1.54) is 12.1 Å². The van der Waals surface area contributed by atoms with E-state index < -0.39 is 34.4 Å². The van der Waals surface area contributed by atoms with Crippen LogP contribution >= 0.6 is 15.9 Å². The van der Waals surface area contributed by atoms with E-state index in [0.29, 0.717) is 32.6 Å². The molecule has 0 radical (unpaired) electrons. The summed E-state index contributed by atoms with van der Waals surface area (Å²) in [6.45, 7) is 1.93. The van der Waals surface area contributed by atoms with E-state index in [1.54, 1.807) is 54.6 Å². The lowest BCUT2D eigenvalue weighted by molar-refractivity contribution is -0.532. The number of benzene rings is 3. The van der Waals surface area contributed by atoms with Gasteiger partial charge in [0.1, 0.15) is 12.4 Å². The second-order valence-corrected chi connectivity index (χ2v) is 9.81. The molecule has 1 saturated heterocycles. The van der Waals surface area contributed by atoms with Crippen LogP contribution in [0.15, 0.2) is 71.2 Å². The molecule has 2 aliphatic rings. The van der Waals surface area contributed by atoms with Crippen molar-refractivity contribution in [3.8, 4) is 5.75 Å². The number of nitro benzene ring substituents is 1. The molecule has 1 amide bonds. The van der Waals surface area contributed by atoms with Gasteiger partial charge in [0.05, 0.1) is 10.8 Å². The summed E-state index contributed by atoms with van der Waals surface area (Å²) in [4.78, 5) is 35.9. The van der Waals surface area contributed by atoms with Gasteiger partial charge in [0.2, 0.25) is 0 Å². The van der Waals surface area contributed by atoms with Gasteiger partial charge in [-0.15, -0.1) is 0 Å². The summed E-state index contributed by atoms with van der Waals surface area (Å²) in [5, 5.41) is 29.6. The number of hydrogen-bond acceptors (Lipinski definition) is 7. The van der Waals surface area contributed by atoms with Crippen molar-refractivity contribution in [1.29, 1.82) is 0 Å². The van der Waals surface area contributed by atoms with Gasteiger partial charge in [-0.3, -0.25) is 30.3 Å². The predicted molar refractivity (Wildman–Crippen MR) is 134 cm³/mol. The molecule has 0 unspecified atom stereocenters. The highest BCUT2D eigenvalue weighted by Gasteiger charge is 2.68. The zero-order chi connectivity index (χ0) is 25.6. The summed E-state index contributed by atoms with van der Waals surface area (Å²) >= 11 is 3.46. The maximum absolute atomic E-state index is 13.3. The smallest absolute Gasteiger partial charge is 0.269 e. The first-order valence-corrected chi connectivity index (χ1v) is 12.0. The van der Waals surface area contributed by atoms with E-state index in [-0.39, 0.29) is 17.2 Å². The van der Waals surface area contributed by atoms with E-state index >= 15 is 0 Å². The summed E-state index contributed by atoms with van der Waals surface area (Å²) in [5.41, 5.74) is 0.846. The molecule has 11 heteroatoms. The maximum Gasteiger partial charge on any atom is 0.269 e. The molecule has 3 aromatic carbocycles. The van der Waals surface area contributed by atoms with Crippen molar-refractivity contribution < 1.29 is 19.4 Å². The highest BCUT2D eigenvalue weighted by molar-refractivity contribution is 9.10. The molecule has 1 spiro atoms. The van der Waals surface area contributed by atoms with E-state index in [1.807, 2.05) is 6.92 Å². The van der Waals surface area contributed by atoms with Crippen molar-refractivity contribution in [1.82, 2.24) is 5.32 Å². The molecule has 36 heavy (non-hydrogen) atoms. The summed E-state index contributed by atoms with van der Waals surface area (Å²) < 4.78 is 6.79. The third-order valence-corrected chi connectivity index (χ3v) is 7.33. The molecule has 5 rings (SSSR count). The van der Waals surface area contributed by atoms with Crippen LogP contribution in [0.1, 0.15) is 29.5 Å². The highest BCUT2D eigenvalue weighted by Crippen LogP contribution is 2.51. The number of carbonyl (C=O) groups is 1. The molecule has 0 aromatic heterocycles. The topological polar surface area (TPSA) is 137 Å². The lowest BCUT2D eigenvalue weighted by Crippen LogP contribution is -2.54. The maximum atomic E-state index is 13.3. The van der Waals surface area contributed by atoms with Gasteiger partial charge in [0.15, 0.2) is 5.54 Å². The van der Waals surface area contributed by atoms with Gasteiger partial charge >= 0.3 is 0 Å². The van der Waals surface area contributed by atoms with Crippen LogP contribution in [0.2, 0.25) is 0 Å². The number of fused-ring (bicyclic) bond motifs is 2. The minimum atomic E-state index is -1.53. The van der Waals surface area contributed by atoms with Gasteiger partial charge in [-0.25, -0.2) is 0 Å². The molecule has 2 aliphatic heterocycles. The normalized spacial score (nSPS) is 24.4. The molecule has 2 heterocycles. The summed E-state index contributed by atoms with van der Waals surface area (Å²) in [5.74, 6) is -0.713. The first-order valence-electron chi connectivity index (χ1n) is 11.2. The molecule has 0 saturated carbocycles. The number of nitrogens with one attached hydrogen (secondary N) is 2. The van der Waals surface area contributed by atoms with Crippen molar-refractivity contribution in [3.05, 3.63) is 108 Å². The monoisotopic (exact) mass is 552 g/mol. The Hall–Kier alpha value is -3.83. The van der Waals surface area contributed by atoms with Crippen LogP contribution in [0.25, 0.3) is 0 Å². The van der Waals surface area contributed by atoms with E-state index in [0.717, 1.165) is 0 Å². The Morgan fingerprint density at radius 3 is 2.47 bits per heavy atom. The van der Waals surface area contributed by atoms with Crippen molar-refractivity contribution in [2.75, 3.05) is 5.32 Å². The van der Waals surface area contributed by atoms with Gasteiger partial charge in [-0.05, 0) is 48.9 Å². The molecule has 4 atom stereocenters. The van der Waals surface area contributed by atoms with Crippen LogP contribution in [0.5, 0.6) is 5.75 Å². The molecule has 0 bridgehead atoms. The molecule has 184 valence electrons. The third kappa shape index (κ3) is 3.80. The van der Waals surface area contributed by atoms with Crippen LogP contribution in [-0.2, 0) is 16.9 Å². The fraction of sp³-hybridized carbons (Fsp3) is 0.240. The molecule has 3 aromatic rings. The van der Waals surface area contributed by atoms with Gasteiger partial charge < -0.3 is 10.1 Å². The molecule has 0 aliphatic carbocycles. The van der Waals surface area contributed by atoms with Gasteiger partial charge in [0, 0.05) is 44.4 Å². The Labute approximate surface area is 214 Å². The number of rotatable bonds is 6. The Morgan fingerprint density at radius 1 is 1.06 bits per heavy atom. The second kappa shape index (κ2) is 8.99. The molecular weight excluding hydrogens is 532 g/mol. The minimum absolute atomic E-state index is 0.0248. The van der Waals surface area contributed by atoms with Crippen LogP contribution in [0, 0.1) is 20.2 Å². The van der Waals surface area contributed by atoms with E-state index in [4.69, 9.17) is 4.74 Å². The quantitative estimate of drug-likeness (QED) is 0.339. The van der Waals surface area contributed by atoms with E-state index in [2.05, 4.69) is 26.6 Å². The van der Waals surface area contributed by atoms with Gasteiger partial charge in [-0.2, -0.15) is 0 Å². The lowest BCUT2D eigenvalue weighted by Gasteiger charge is -2.26. The number of hydrogen-bond donors (Lipinski definition) is 2. The number of halogens is 1. The SMILES string of the molecule is C[C@@H]1N[C@]2(C(=O)Nc3ccccc32)[C@@H]([N+](=O)[O-])[C@H]1c1cc(Br)ccc1OCc1ccc([N+](=O)[O-])cc1. The summed E-state index contributed by atoms with van der Waals surface area (Å²) in [6, 6.07) is 16.5.